The van der Waals surface area contributed by atoms with Crippen molar-refractivity contribution in [2.75, 3.05) is 45.9 Å². The van der Waals surface area contributed by atoms with Gasteiger partial charge in [-0.05, 0) is 36.1 Å². The van der Waals surface area contributed by atoms with Crippen LogP contribution in [0.25, 0.3) is 5.57 Å². The minimum Gasteiger partial charge on any atom is -0.493 e. The van der Waals surface area contributed by atoms with E-state index >= 15 is 0 Å². The van der Waals surface area contributed by atoms with E-state index in [0.717, 1.165) is 44.0 Å². The first-order valence-electron chi connectivity index (χ1n) is 11.1. The Morgan fingerprint density at radius 1 is 0.900 bits per heavy atom. The average Bonchev–Trinajstić information content (AvgIpc) is 2.97. The molecule has 2 amide bonds. The molecule has 1 aromatic rings. The maximum absolute atomic E-state index is 13.3. The second-order valence-electron chi connectivity index (χ2n) is 8.99. The summed E-state index contributed by atoms with van der Waals surface area (Å²) in [5.41, 5.74) is 1.87. The van der Waals surface area contributed by atoms with Crippen LogP contribution >= 0.6 is 0 Å². The Morgan fingerprint density at radius 2 is 1.53 bits per heavy atom. The molecule has 30 heavy (non-hydrogen) atoms. The molecule has 6 heteroatoms. The standard InChI is InChI=1S/C24H35N3O3/c1-6-25-11-13-26(14-12-25)22-21(23(28)27(24(22)29)15-17(2)3)19-7-9-20(10-8-19)30-16-18(4)5/h7-10,17-18H,6,11-16H2,1-5H3. The van der Waals surface area contributed by atoms with Gasteiger partial charge in [0.05, 0.1) is 12.2 Å². The zero-order valence-corrected chi connectivity index (χ0v) is 19.0. The summed E-state index contributed by atoms with van der Waals surface area (Å²) in [6, 6.07) is 7.58. The van der Waals surface area contributed by atoms with Gasteiger partial charge in [0.25, 0.3) is 11.8 Å². The summed E-state index contributed by atoms with van der Waals surface area (Å²) in [6.45, 7) is 15.8. The van der Waals surface area contributed by atoms with Crippen LogP contribution in [0.2, 0.25) is 0 Å². The molecular weight excluding hydrogens is 378 g/mol. The molecule has 0 spiro atoms. The summed E-state index contributed by atoms with van der Waals surface area (Å²) in [6.07, 6.45) is 0. The van der Waals surface area contributed by atoms with Crippen LogP contribution in [0.5, 0.6) is 5.75 Å². The zero-order valence-electron chi connectivity index (χ0n) is 19.0. The van der Waals surface area contributed by atoms with Crippen LogP contribution in [-0.4, -0.2) is 72.4 Å². The number of hydrogen-bond donors (Lipinski definition) is 0. The number of imide groups is 1. The van der Waals surface area contributed by atoms with Gasteiger partial charge in [0.15, 0.2) is 0 Å². The number of nitrogens with zero attached hydrogens (tertiary/aromatic N) is 3. The van der Waals surface area contributed by atoms with Crippen LogP contribution in [-0.2, 0) is 9.59 Å². The van der Waals surface area contributed by atoms with E-state index in [2.05, 4.69) is 30.6 Å². The monoisotopic (exact) mass is 413 g/mol. The number of likely N-dealkylation sites (N-methyl/N-ethyl adjacent to an activating group) is 1. The van der Waals surface area contributed by atoms with Crippen molar-refractivity contribution in [2.45, 2.75) is 34.6 Å². The van der Waals surface area contributed by atoms with Crippen molar-refractivity contribution < 1.29 is 14.3 Å². The largest absolute Gasteiger partial charge is 0.493 e. The maximum atomic E-state index is 13.3. The minimum absolute atomic E-state index is 0.159. The van der Waals surface area contributed by atoms with Gasteiger partial charge in [-0.3, -0.25) is 14.5 Å². The van der Waals surface area contributed by atoms with E-state index in [4.69, 9.17) is 4.74 Å². The first-order valence-corrected chi connectivity index (χ1v) is 11.1. The highest BCUT2D eigenvalue weighted by Gasteiger charge is 2.42. The third-order valence-corrected chi connectivity index (χ3v) is 5.55. The van der Waals surface area contributed by atoms with Crippen molar-refractivity contribution >= 4 is 17.4 Å². The third kappa shape index (κ3) is 4.86. The Morgan fingerprint density at radius 3 is 2.07 bits per heavy atom. The summed E-state index contributed by atoms with van der Waals surface area (Å²) in [7, 11) is 0. The molecule has 2 aliphatic heterocycles. The van der Waals surface area contributed by atoms with Crippen molar-refractivity contribution in [3.8, 4) is 5.75 Å². The summed E-state index contributed by atoms with van der Waals surface area (Å²) in [5, 5.41) is 0. The lowest BCUT2D eigenvalue weighted by Crippen LogP contribution is -2.47. The number of carbonyl (C=O) groups is 2. The van der Waals surface area contributed by atoms with E-state index in [1.807, 2.05) is 38.1 Å². The number of ether oxygens (including phenoxy) is 1. The Labute approximate surface area is 180 Å². The first kappa shape index (κ1) is 22.3. The second kappa shape index (κ2) is 9.65. The smallest absolute Gasteiger partial charge is 0.277 e. The predicted octanol–water partition coefficient (Wildman–Crippen LogP) is 3.09. The molecule has 0 unspecified atom stereocenters. The number of rotatable bonds is 8. The number of carbonyl (C=O) groups excluding carboxylic acids is 2. The molecule has 2 heterocycles. The molecule has 1 aromatic carbocycles. The molecule has 0 atom stereocenters. The fraction of sp³-hybridized carbons (Fsp3) is 0.583. The minimum atomic E-state index is -0.183. The number of amides is 2. The van der Waals surface area contributed by atoms with Gasteiger partial charge in [-0.2, -0.15) is 0 Å². The van der Waals surface area contributed by atoms with Crippen LogP contribution in [0, 0.1) is 11.8 Å². The van der Waals surface area contributed by atoms with E-state index in [-0.39, 0.29) is 17.7 Å². The predicted molar refractivity (Wildman–Crippen MR) is 119 cm³/mol. The van der Waals surface area contributed by atoms with Gasteiger partial charge in [0.1, 0.15) is 11.4 Å². The Kier molecular flexibility index (Phi) is 7.19. The molecule has 1 saturated heterocycles. The van der Waals surface area contributed by atoms with Gasteiger partial charge in [-0.25, -0.2) is 0 Å². The first-order chi connectivity index (χ1) is 14.3. The molecule has 2 aliphatic rings. The van der Waals surface area contributed by atoms with Gasteiger partial charge in [0.2, 0.25) is 0 Å². The molecule has 6 nitrogen and oxygen atoms in total. The van der Waals surface area contributed by atoms with E-state index in [1.165, 1.54) is 4.90 Å². The molecule has 0 saturated carbocycles. The summed E-state index contributed by atoms with van der Waals surface area (Å²) >= 11 is 0. The van der Waals surface area contributed by atoms with E-state index in [0.29, 0.717) is 30.3 Å². The van der Waals surface area contributed by atoms with Crippen LogP contribution in [0.1, 0.15) is 40.2 Å². The van der Waals surface area contributed by atoms with Crippen LogP contribution in [0.15, 0.2) is 30.0 Å². The molecule has 0 aromatic heterocycles. The van der Waals surface area contributed by atoms with E-state index in [1.54, 1.807) is 0 Å². The summed E-state index contributed by atoms with van der Waals surface area (Å²) in [5.74, 6) is 1.11. The molecule has 1 fully saturated rings. The third-order valence-electron chi connectivity index (χ3n) is 5.55. The number of piperazine rings is 1. The molecule has 0 N–H and O–H groups in total. The molecule has 0 bridgehead atoms. The van der Waals surface area contributed by atoms with Gasteiger partial charge < -0.3 is 14.5 Å². The van der Waals surface area contributed by atoms with Crippen LogP contribution in [0.4, 0.5) is 0 Å². The normalized spacial score (nSPS) is 18.4. The molecule has 0 radical (unpaired) electrons. The fourth-order valence-electron chi connectivity index (χ4n) is 3.92. The maximum Gasteiger partial charge on any atom is 0.277 e. The van der Waals surface area contributed by atoms with Crippen molar-refractivity contribution in [1.82, 2.24) is 14.7 Å². The van der Waals surface area contributed by atoms with Crippen molar-refractivity contribution in [3.63, 3.8) is 0 Å². The molecular formula is C24H35N3O3. The SMILES string of the molecule is CCN1CCN(C2=C(c3ccc(OCC(C)C)cc3)C(=O)N(CC(C)C)C2=O)CC1. The molecule has 3 rings (SSSR count). The number of benzene rings is 1. The van der Waals surface area contributed by atoms with Gasteiger partial charge >= 0.3 is 0 Å². The lowest BCUT2D eigenvalue weighted by atomic mass is 10.0. The summed E-state index contributed by atoms with van der Waals surface area (Å²) < 4.78 is 5.78. The fourth-order valence-corrected chi connectivity index (χ4v) is 3.92. The van der Waals surface area contributed by atoms with E-state index in [9.17, 15) is 9.59 Å². The Bertz CT molecular complexity index is 790. The molecule has 164 valence electrons. The highest BCUT2D eigenvalue weighted by atomic mass is 16.5. The van der Waals surface area contributed by atoms with Gasteiger partial charge in [-0.1, -0.05) is 46.8 Å². The van der Waals surface area contributed by atoms with E-state index < -0.39 is 0 Å². The Hall–Kier alpha value is -2.34. The second-order valence-corrected chi connectivity index (χ2v) is 8.99. The van der Waals surface area contributed by atoms with Crippen molar-refractivity contribution in [1.29, 1.82) is 0 Å². The number of hydrogen-bond acceptors (Lipinski definition) is 5. The van der Waals surface area contributed by atoms with Crippen LogP contribution in [0.3, 0.4) is 0 Å². The summed E-state index contributed by atoms with van der Waals surface area (Å²) in [4.78, 5) is 32.5. The highest BCUT2D eigenvalue weighted by Crippen LogP contribution is 2.33. The quantitative estimate of drug-likeness (QED) is 0.613. The van der Waals surface area contributed by atoms with Crippen LogP contribution < -0.4 is 4.74 Å². The van der Waals surface area contributed by atoms with Gasteiger partial charge in [0, 0.05) is 32.7 Å². The van der Waals surface area contributed by atoms with Gasteiger partial charge in [-0.15, -0.1) is 0 Å². The van der Waals surface area contributed by atoms with Crippen molar-refractivity contribution in [2.24, 2.45) is 11.8 Å². The zero-order chi connectivity index (χ0) is 21.8. The highest BCUT2D eigenvalue weighted by molar-refractivity contribution is 6.35. The topological polar surface area (TPSA) is 53.1 Å². The van der Waals surface area contributed by atoms with Crippen molar-refractivity contribution in [3.05, 3.63) is 35.5 Å². The lowest BCUT2D eigenvalue weighted by molar-refractivity contribution is -0.138. The lowest BCUT2D eigenvalue weighted by Gasteiger charge is -2.36. The average molecular weight is 414 g/mol. The Balaban J connectivity index is 1.92. The molecule has 0 aliphatic carbocycles.